The second kappa shape index (κ2) is 9.09. The maximum absolute atomic E-state index is 13.5. The second-order valence-corrected chi connectivity index (χ2v) is 11.0. The van der Waals surface area contributed by atoms with E-state index in [4.69, 9.17) is 11.6 Å². The van der Waals surface area contributed by atoms with Gasteiger partial charge in [-0.1, -0.05) is 23.4 Å². The van der Waals surface area contributed by atoms with Crippen LogP contribution in [-0.4, -0.2) is 43.3 Å². The van der Waals surface area contributed by atoms with Gasteiger partial charge >= 0.3 is 0 Å². The molecule has 1 amide bonds. The van der Waals surface area contributed by atoms with Crippen LogP contribution in [0.3, 0.4) is 0 Å². The molecule has 0 radical (unpaired) electrons. The molecule has 10 heteroatoms. The predicted octanol–water partition coefficient (Wildman–Crippen LogP) is 4.51. The Morgan fingerprint density at radius 1 is 1.17 bits per heavy atom. The van der Waals surface area contributed by atoms with Crippen LogP contribution in [0.4, 0.5) is 18.9 Å². The summed E-state index contributed by atoms with van der Waals surface area (Å²) < 4.78 is 40.6. The van der Waals surface area contributed by atoms with Crippen molar-refractivity contribution in [2.75, 3.05) is 5.32 Å². The number of hydrogen-bond donors (Lipinski definition) is 3. The van der Waals surface area contributed by atoms with E-state index in [0.717, 1.165) is 12.8 Å². The third-order valence-corrected chi connectivity index (χ3v) is 8.16. The topological polar surface area (TPSA) is 87.4 Å². The number of nitrogens with one attached hydrogen (secondary N) is 1. The summed E-state index contributed by atoms with van der Waals surface area (Å²) in [6.07, 6.45) is 1.29. The monoisotopic (exact) mass is 521 g/mol. The van der Waals surface area contributed by atoms with E-state index >= 15 is 0 Å². The lowest BCUT2D eigenvalue weighted by Gasteiger charge is -2.39. The van der Waals surface area contributed by atoms with Crippen LogP contribution in [0.5, 0.6) is 0 Å². The summed E-state index contributed by atoms with van der Waals surface area (Å²) in [6.45, 7) is 0. The van der Waals surface area contributed by atoms with E-state index in [2.05, 4.69) is 22.1 Å². The average Bonchev–Trinajstić information content (AvgIpc) is 3.43. The van der Waals surface area contributed by atoms with E-state index in [1.165, 1.54) is 18.2 Å². The smallest absolute Gasteiger partial charge is 0.274 e. The Morgan fingerprint density at radius 3 is 2.36 bits per heavy atom. The fraction of sp³-hybridized carbons (Fsp3) is 0.538. The lowest BCUT2D eigenvalue weighted by atomic mass is 9.71. The zero-order chi connectivity index (χ0) is 25.8. The molecule has 3 aliphatic rings. The molecule has 6 nitrogen and oxygen atoms in total. The highest BCUT2D eigenvalue weighted by Gasteiger charge is 2.50. The summed E-state index contributed by atoms with van der Waals surface area (Å²) in [6, 6.07) is 3.97. The molecule has 0 bridgehead atoms. The Morgan fingerprint density at radius 2 is 1.78 bits per heavy atom. The van der Waals surface area contributed by atoms with Crippen molar-refractivity contribution >= 4 is 23.2 Å². The zero-order valence-corrected chi connectivity index (χ0v) is 20.4. The number of aryl methyl sites for hydroxylation is 1. The van der Waals surface area contributed by atoms with Crippen molar-refractivity contribution in [3.05, 3.63) is 46.8 Å². The Bertz CT molecular complexity index is 1230. The Balaban J connectivity index is 1.25. The van der Waals surface area contributed by atoms with Crippen LogP contribution in [-0.2, 0) is 7.05 Å². The number of hydrogen-bond acceptors (Lipinski definition) is 4. The van der Waals surface area contributed by atoms with Gasteiger partial charge in [-0.05, 0) is 68.6 Å². The van der Waals surface area contributed by atoms with Crippen molar-refractivity contribution in [2.24, 2.45) is 24.8 Å². The molecular formula is C26H27ClF3N3O3. The maximum Gasteiger partial charge on any atom is 0.274 e. The lowest BCUT2D eigenvalue weighted by molar-refractivity contribution is -0.0848. The van der Waals surface area contributed by atoms with Crippen molar-refractivity contribution in [3.63, 3.8) is 0 Å². The van der Waals surface area contributed by atoms with Crippen molar-refractivity contribution in [3.8, 4) is 11.8 Å². The molecule has 2 aromatic rings. The molecule has 3 aliphatic carbocycles. The molecule has 2 unspecified atom stereocenters. The number of carbonyl (C=O) groups is 1. The molecule has 0 saturated heterocycles. The lowest BCUT2D eigenvalue weighted by Crippen LogP contribution is -2.45. The molecule has 3 N–H and O–H groups in total. The number of imidazole rings is 1. The van der Waals surface area contributed by atoms with Crippen LogP contribution >= 0.6 is 11.6 Å². The number of aromatic nitrogens is 2. The number of benzene rings is 1. The number of nitrogens with zero attached hydrogens (tertiary/aromatic N) is 2. The molecule has 1 aromatic heterocycles. The van der Waals surface area contributed by atoms with E-state index in [-0.39, 0.29) is 41.5 Å². The molecule has 3 fully saturated rings. The number of anilines is 1. The van der Waals surface area contributed by atoms with Gasteiger partial charge < -0.3 is 20.1 Å². The number of fused-ring (bicyclic) bond motifs is 1. The van der Waals surface area contributed by atoms with Crippen LogP contribution in [0, 0.1) is 35.4 Å². The van der Waals surface area contributed by atoms with Crippen molar-refractivity contribution in [1.82, 2.24) is 9.55 Å². The number of carbonyl (C=O) groups excluding carboxylic acids is 1. The molecule has 0 spiro atoms. The van der Waals surface area contributed by atoms with E-state index in [1.807, 2.05) is 0 Å². The molecule has 192 valence electrons. The normalized spacial score (nSPS) is 33.1. The van der Waals surface area contributed by atoms with E-state index < -0.39 is 29.4 Å². The van der Waals surface area contributed by atoms with Crippen molar-refractivity contribution < 1.29 is 28.2 Å². The second-order valence-electron chi connectivity index (χ2n) is 10.6. The summed E-state index contributed by atoms with van der Waals surface area (Å²) in [4.78, 5) is 17.6. The minimum absolute atomic E-state index is 0.0267. The quantitative estimate of drug-likeness (QED) is 0.517. The van der Waals surface area contributed by atoms with Gasteiger partial charge in [-0.3, -0.25) is 4.79 Å². The van der Waals surface area contributed by atoms with E-state index in [1.54, 1.807) is 17.9 Å². The molecule has 1 heterocycles. The van der Waals surface area contributed by atoms with Gasteiger partial charge in [0.15, 0.2) is 0 Å². The first-order valence-corrected chi connectivity index (χ1v) is 12.4. The summed E-state index contributed by atoms with van der Waals surface area (Å²) in [5, 5.41) is 24.0. The predicted molar refractivity (Wildman–Crippen MR) is 127 cm³/mol. The average molecular weight is 522 g/mol. The van der Waals surface area contributed by atoms with E-state index in [0.29, 0.717) is 29.9 Å². The zero-order valence-electron chi connectivity index (χ0n) is 19.6. The number of aliphatic hydroxyl groups is 2. The van der Waals surface area contributed by atoms with E-state index in [9.17, 15) is 28.2 Å². The standard InChI is InChI=1S/C26H27ClF3N3O3/c1-33-13-31-21(22(33)24(34)32-18-2-3-20(28)19(27)8-18)14-6-15-9-25(35,10-16(15)7-14)4-5-26(36)11-17(12-26)23(29)30/h2-3,8,13-17,23,35-36H,6-7,9-12H2,1H3,(H,32,34). The van der Waals surface area contributed by atoms with Crippen LogP contribution < -0.4 is 5.32 Å². The van der Waals surface area contributed by atoms with Crippen LogP contribution in [0.25, 0.3) is 0 Å². The van der Waals surface area contributed by atoms with Gasteiger partial charge in [-0.25, -0.2) is 18.2 Å². The summed E-state index contributed by atoms with van der Waals surface area (Å²) in [5.41, 5.74) is -1.23. The summed E-state index contributed by atoms with van der Waals surface area (Å²) in [5.74, 6) is 4.07. The van der Waals surface area contributed by atoms with Crippen molar-refractivity contribution in [2.45, 2.75) is 62.1 Å². The minimum Gasteiger partial charge on any atom is -0.378 e. The highest BCUT2D eigenvalue weighted by Crippen LogP contribution is 2.54. The van der Waals surface area contributed by atoms with Crippen LogP contribution in [0.1, 0.15) is 60.6 Å². The number of halogens is 4. The number of amides is 1. The largest absolute Gasteiger partial charge is 0.378 e. The van der Waals surface area contributed by atoms with Gasteiger partial charge in [0.1, 0.15) is 22.7 Å². The van der Waals surface area contributed by atoms with Gasteiger partial charge in [0.25, 0.3) is 5.91 Å². The van der Waals surface area contributed by atoms with Gasteiger partial charge in [0, 0.05) is 24.6 Å². The molecule has 1 aromatic carbocycles. The van der Waals surface area contributed by atoms with Gasteiger partial charge in [0.2, 0.25) is 6.43 Å². The van der Waals surface area contributed by atoms with Crippen LogP contribution in [0.15, 0.2) is 24.5 Å². The molecule has 0 aliphatic heterocycles. The highest BCUT2D eigenvalue weighted by atomic mass is 35.5. The van der Waals surface area contributed by atoms with Crippen LogP contribution in [0.2, 0.25) is 5.02 Å². The Labute approximate surface area is 211 Å². The fourth-order valence-corrected chi connectivity index (χ4v) is 6.28. The molecule has 2 atom stereocenters. The first-order valence-electron chi connectivity index (χ1n) is 12.0. The molecule has 5 rings (SSSR count). The molecular weight excluding hydrogens is 495 g/mol. The third-order valence-electron chi connectivity index (χ3n) is 7.87. The fourth-order valence-electron chi connectivity index (χ4n) is 6.10. The minimum atomic E-state index is -2.47. The number of alkyl halides is 2. The van der Waals surface area contributed by atoms with Gasteiger partial charge in [-0.2, -0.15) is 0 Å². The first-order chi connectivity index (χ1) is 17.0. The van der Waals surface area contributed by atoms with Gasteiger partial charge in [0.05, 0.1) is 17.0 Å². The summed E-state index contributed by atoms with van der Waals surface area (Å²) in [7, 11) is 1.73. The number of rotatable bonds is 4. The Hall–Kier alpha value is -2.54. The van der Waals surface area contributed by atoms with Gasteiger partial charge in [-0.15, -0.1) is 0 Å². The molecule has 3 saturated carbocycles. The highest BCUT2D eigenvalue weighted by molar-refractivity contribution is 6.31. The Kier molecular flexibility index (Phi) is 6.34. The molecule has 36 heavy (non-hydrogen) atoms. The SMILES string of the molecule is Cn1cnc(C2CC3CC(O)(C#CC4(O)CC(C(F)F)C4)CC3C2)c1C(=O)Nc1ccc(F)c(Cl)c1. The maximum atomic E-state index is 13.5. The van der Waals surface area contributed by atoms with Crippen molar-refractivity contribution in [1.29, 1.82) is 0 Å². The third kappa shape index (κ3) is 4.74. The first kappa shape index (κ1) is 25.1. The summed E-state index contributed by atoms with van der Waals surface area (Å²) >= 11 is 5.83.